The van der Waals surface area contributed by atoms with Crippen LogP contribution in [0.3, 0.4) is 0 Å². The van der Waals surface area contributed by atoms with E-state index in [0.717, 1.165) is 38.5 Å². The van der Waals surface area contributed by atoms with Gasteiger partial charge in [0.05, 0.1) is 42.2 Å². The van der Waals surface area contributed by atoms with E-state index in [1.807, 2.05) is 12.1 Å². The summed E-state index contributed by atoms with van der Waals surface area (Å²) in [7, 11) is 1.56. The Morgan fingerprint density at radius 3 is 2.81 bits per heavy atom. The van der Waals surface area contributed by atoms with Gasteiger partial charge in [-0.3, -0.25) is 9.88 Å². The normalized spacial score (nSPS) is 14.2. The summed E-state index contributed by atoms with van der Waals surface area (Å²) in [6, 6.07) is 11.8. The minimum absolute atomic E-state index is 0.0153. The molecule has 0 saturated carbocycles. The Kier molecular flexibility index (Phi) is 7.74. The van der Waals surface area contributed by atoms with Gasteiger partial charge in [0.1, 0.15) is 17.9 Å². The lowest BCUT2D eigenvalue weighted by atomic mass is 10.2. The molecule has 1 N–H and O–H groups in total. The summed E-state index contributed by atoms with van der Waals surface area (Å²) in [4.78, 5) is 15.4. The van der Waals surface area contributed by atoms with Crippen LogP contribution < -0.4 is 14.8 Å². The largest absolute Gasteiger partial charge is 0.493 e. The van der Waals surface area contributed by atoms with Gasteiger partial charge in [-0.1, -0.05) is 23.7 Å². The van der Waals surface area contributed by atoms with Crippen molar-refractivity contribution in [1.82, 2.24) is 19.9 Å². The molecule has 2 aromatic carbocycles. The Morgan fingerprint density at radius 1 is 1.11 bits per heavy atom. The van der Waals surface area contributed by atoms with E-state index >= 15 is 0 Å². The average Bonchev–Trinajstić information content (AvgIpc) is 2.92. The maximum Gasteiger partial charge on any atom is 0.170 e. The molecule has 1 saturated heterocycles. The molecule has 8 nitrogen and oxygen atoms in total. The van der Waals surface area contributed by atoms with E-state index in [1.165, 1.54) is 12.4 Å². The van der Waals surface area contributed by atoms with Gasteiger partial charge in [-0.2, -0.15) is 0 Å². The van der Waals surface area contributed by atoms with Crippen LogP contribution in [-0.4, -0.2) is 59.8 Å². The molecular formula is C27H25ClFN5O3. The van der Waals surface area contributed by atoms with Crippen molar-refractivity contribution in [1.29, 1.82) is 0 Å². The van der Waals surface area contributed by atoms with Crippen LogP contribution in [-0.2, 0) is 4.74 Å². The van der Waals surface area contributed by atoms with Gasteiger partial charge < -0.3 is 19.5 Å². The number of ether oxygens (including phenoxy) is 3. The number of methoxy groups -OCH3 is 1. The summed E-state index contributed by atoms with van der Waals surface area (Å²) < 4.78 is 31.6. The molecule has 0 bridgehead atoms. The minimum atomic E-state index is -0.563. The van der Waals surface area contributed by atoms with Crippen molar-refractivity contribution in [3.05, 3.63) is 77.6 Å². The number of fused-ring (bicyclic) bond motifs is 1. The zero-order valence-corrected chi connectivity index (χ0v) is 20.9. The number of rotatable bonds is 8. The first-order chi connectivity index (χ1) is 18.1. The molecule has 37 heavy (non-hydrogen) atoms. The third kappa shape index (κ3) is 5.96. The first-order valence-electron chi connectivity index (χ1n) is 11.7. The van der Waals surface area contributed by atoms with Gasteiger partial charge >= 0.3 is 0 Å². The number of anilines is 2. The van der Waals surface area contributed by atoms with Crippen molar-refractivity contribution in [2.45, 2.75) is 0 Å². The predicted octanol–water partition coefficient (Wildman–Crippen LogP) is 5.71. The maximum atomic E-state index is 14.5. The Balaban J connectivity index is 1.40. The van der Waals surface area contributed by atoms with E-state index in [9.17, 15) is 4.39 Å². The highest BCUT2D eigenvalue weighted by atomic mass is 35.5. The van der Waals surface area contributed by atoms with Gasteiger partial charge in [-0.05, 0) is 30.3 Å². The fourth-order valence-electron chi connectivity index (χ4n) is 3.95. The highest BCUT2D eigenvalue weighted by Crippen LogP contribution is 2.37. The summed E-state index contributed by atoms with van der Waals surface area (Å²) in [5.74, 6) is 1.37. The molecule has 5 rings (SSSR count). The molecule has 10 heteroatoms. The zero-order valence-electron chi connectivity index (χ0n) is 20.2. The topological polar surface area (TPSA) is 81.6 Å². The quantitative estimate of drug-likeness (QED) is 0.316. The van der Waals surface area contributed by atoms with Crippen LogP contribution in [0.4, 0.5) is 15.9 Å². The van der Waals surface area contributed by atoms with Crippen molar-refractivity contribution in [2.24, 2.45) is 0 Å². The van der Waals surface area contributed by atoms with Crippen LogP contribution >= 0.6 is 11.6 Å². The first kappa shape index (κ1) is 24.9. The number of hydrogen-bond acceptors (Lipinski definition) is 8. The van der Waals surface area contributed by atoms with Crippen LogP contribution in [0.25, 0.3) is 17.0 Å². The Labute approximate surface area is 218 Å². The van der Waals surface area contributed by atoms with Crippen LogP contribution in [0.2, 0.25) is 5.02 Å². The van der Waals surface area contributed by atoms with Gasteiger partial charge in [0.2, 0.25) is 0 Å². The number of hydrogen-bond donors (Lipinski definition) is 1. The molecule has 0 amide bonds. The summed E-state index contributed by atoms with van der Waals surface area (Å²) >= 11 is 5.94. The fourth-order valence-corrected chi connectivity index (χ4v) is 4.12. The molecule has 1 aliphatic rings. The summed E-state index contributed by atoms with van der Waals surface area (Å²) in [6.07, 6.45) is 7.13. The molecule has 0 aliphatic carbocycles. The molecule has 1 fully saturated rings. The number of nitrogens with zero attached hydrogens (tertiary/aromatic N) is 4. The van der Waals surface area contributed by atoms with Crippen molar-refractivity contribution in [3.8, 4) is 17.2 Å². The predicted molar refractivity (Wildman–Crippen MR) is 141 cm³/mol. The molecule has 4 aromatic rings. The number of benzene rings is 2. The average molecular weight is 522 g/mol. The lowest BCUT2D eigenvalue weighted by Gasteiger charge is -2.25. The highest BCUT2D eigenvalue weighted by molar-refractivity contribution is 6.31. The van der Waals surface area contributed by atoms with Gasteiger partial charge in [-0.15, -0.1) is 0 Å². The van der Waals surface area contributed by atoms with E-state index in [4.69, 9.17) is 25.8 Å². The van der Waals surface area contributed by atoms with E-state index in [0.29, 0.717) is 34.0 Å². The smallest absolute Gasteiger partial charge is 0.170 e. The van der Waals surface area contributed by atoms with Crippen molar-refractivity contribution in [3.63, 3.8) is 0 Å². The molecule has 0 unspecified atom stereocenters. The molecule has 2 aromatic heterocycles. The molecular weight excluding hydrogens is 497 g/mol. The number of pyridine rings is 1. The SMILES string of the molecule is COc1cc2ncnc(Nc3cccc(Cl)c3F)c2cc1Oc1ccnc(/C=C/CN2CCOCC2)c1. The summed E-state index contributed by atoms with van der Waals surface area (Å²) in [5.41, 5.74) is 1.58. The summed E-state index contributed by atoms with van der Waals surface area (Å²) in [5, 5.41) is 3.64. The van der Waals surface area contributed by atoms with Crippen molar-refractivity contribution < 1.29 is 18.6 Å². The van der Waals surface area contributed by atoms with E-state index in [-0.39, 0.29) is 10.7 Å². The standard InChI is InChI=1S/C27H25ClFN5O3/c1-35-24-16-23-20(27(32-17-31-23)33-22-6-2-5-21(28)26(22)29)15-25(24)37-19-7-8-30-18(14-19)4-3-9-34-10-12-36-13-11-34/h2-8,14-17H,9-13H2,1H3,(H,31,32,33)/b4-3+. The number of morpholine rings is 1. The number of nitrogens with one attached hydrogen (secondary N) is 1. The lowest BCUT2D eigenvalue weighted by Crippen LogP contribution is -2.36. The fraction of sp³-hybridized carbons (Fsp3) is 0.222. The molecule has 3 heterocycles. The Morgan fingerprint density at radius 2 is 1.97 bits per heavy atom. The molecule has 0 spiro atoms. The number of halogens is 2. The summed E-state index contributed by atoms with van der Waals surface area (Å²) in [6.45, 7) is 4.20. The Hall–Kier alpha value is -3.79. The van der Waals surface area contributed by atoms with Crippen LogP contribution in [0, 0.1) is 5.82 Å². The van der Waals surface area contributed by atoms with Crippen molar-refractivity contribution in [2.75, 3.05) is 45.3 Å². The molecule has 190 valence electrons. The second-order valence-electron chi connectivity index (χ2n) is 8.30. The molecule has 0 radical (unpaired) electrons. The first-order valence-corrected chi connectivity index (χ1v) is 12.1. The highest BCUT2D eigenvalue weighted by Gasteiger charge is 2.15. The van der Waals surface area contributed by atoms with Gasteiger partial charge in [0.15, 0.2) is 17.3 Å². The lowest BCUT2D eigenvalue weighted by molar-refractivity contribution is 0.0435. The second kappa shape index (κ2) is 11.5. The second-order valence-corrected chi connectivity index (χ2v) is 8.71. The van der Waals surface area contributed by atoms with E-state index < -0.39 is 5.82 Å². The maximum absolute atomic E-state index is 14.5. The van der Waals surface area contributed by atoms with Crippen LogP contribution in [0.15, 0.2) is 61.1 Å². The van der Waals surface area contributed by atoms with Crippen LogP contribution in [0.1, 0.15) is 5.69 Å². The van der Waals surface area contributed by atoms with E-state index in [2.05, 4.69) is 31.2 Å². The van der Waals surface area contributed by atoms with Crippen molar-refractivity contribution >= 4 is 40.1 Å². The zero-order chi connectivity index (χ0) is 25.6. The number of aromatic nitrogens is 3. The third-order valence-corrected chi connectivity index (χ3v) is 6.15. The minimum Gasteiger partial charge on any atom is -0.493 e. The van der Waals surface area contributed by atoms with Crippen LogP contribution in [0.5, 0.6) is 17.2 Å². The van der Waals surface area contributed by atoms with Gasteiger partial charge in [-0.25, -0.2) is 14.4 Å². The third-order valence-electron chi connectivity index (χ3n) is 5.86. The Bertz CT molecular complexity index is 1430. The molecule has 1 aliphatic heterocycles. The monoisotopic (exact) mass is 521 g/mol. The molecule has 0 atom stereocenters. The van der Waals surface area contributed by atoms with E-state index in [1.54, 1.807) is 43.6 Å². The van der Waals surface area contributed by atoms with Gasteiger partial charge in [0.25, 0.3) is 0 Å². The van der Waals surface area contributed by atoms with Gasteiger partial charge in [0, 0.05) is 43.4 Å².